The maximum absolute atomic E-state index is 12.1. The molecule has 138 valence electrons. The number of hydrogen-bond donors (Lipinski definition) is 2. The normalized spacial score (nSPS) is 11.0. The van der Waals surface area contributed by atoms with E-state index in [2.05, 4.69) is 33.2 Å². The van der Waals surface area contributed by atoms with Crippen molar-refractivity contribution in [2.75, 3.05) is 25.6 Å². The number of urea groups is 1. The molecule has 2 aromatic heterocycles. The summed E-state index contributed by atoms with van der Waals surface area (Å²) in [6.07, 6.45) is 0.796. The van der Waals surface area contributed by atoms with Crippen molar-refractivity contribution in [3.05, 3.63) is 46.0 Å². The van der Waals surface area contributed by atoms with Crippen LogP contribution in [-0.4, -0.2) is 35.8 Å². The number of nitrogens with one attached hydrogen (secondary N) is 2. The van der Waals surface area contributed by atoms with Gasteiger partial charge in [-0.1, -0.05) is 0 Å². The number of aryl methyl sites for hydroxylation is 2. The highest BCUT2D eigenvalue weighted by atomic mass is 32.1. The average Bonchev–Trinajstić information content (AvgIpc) is 3.15. The SMILES string of the molecule is COCCn1c(C)cc2cc(NC(=O)NCCc3scnc3C)ccc21. The van der Waals surface area contributed by atoms with Crippen molar-refractivity contribution in [3.63, 3.8) is 0 Å². The molecule has 0 bridgehead atoms. The minimum atomic E-state index is -0.193. The Hall–Kier alpha value is -2.38. The Kier molecular flexibility index (Phi) is 5.90. The fraction of sp³-hybridized carbons (Fsp3) is 0.368. The quantitative estimate of drug-likeness (QED) is 0.664. The number of hydrogen-bond acceptors (Lipinski definition) is 4. The number of ether oxygens (including phenoxy) is 1. The number of thiazole rings is 1. The van der Waals surface area contributed by atoms with Gasteiger partial charge in [0, 0.05) is 53.8 Å². The molecule has 2 heterocycles. The number of nitrogens with zero attached hydrogens (tertiary/aromatic N) is 2. The number of fused-ring (bicyclic) bond motifs is 1. The van der Waals surface area contributed by atoms with E-state index in [4.69, 9.17) is 4.74 Å². The van der Waals surface area contributed by atoms with Gasteiger partial charge in [-0.05, 0) is 38.1 Å². The molecule has 1 aromatic carbocycles. The summed E-state index contributed by atoms with van der Waals surface area (Å²) < 4.78 is 7.40. The molecule has 2 amide bonds. The molecule has 0 saturated heterocycles. The second kappa shape index (κ2) is 8.33. The van der Waals surface area contributed by atoms with E-state index in [0.717, 1.165) is 35.2 Å². The average molecular weight is 372 g/mol. The Bertz CT molecular complexity index is 900. The molecule has 0 atom stereocenters. The molecule has 0 unspecified atom stereocenters. The van der Waals surface area contributed by atoms with Crippen LogP contribution < -0.4 is 10.6 Å². The Morgan fingerprint density at radius 2 is 2.15 bits per heavy atom. The first-order valence-corrected chi connectivity index (χ1v) is 9.49. The summed E-state index contributed by atoms with van der Waals surface area (Å²) in [4.78, 5) is 17.5. The number of carbonyl (C=O) groups excluding carboxylic acids is 1. The highest BCUT2D eigenvalue weighted by Gasteiger charge is 2.08. The fourth-order valence-corrected chi connectivity index (χ4v) is 3.78. The second-order valence-corrected chi connectivity index (χ2v) is 7.13. The molecule has 0 saturated carbocycles. The summed E-state index contributed by atoms with van der Waals surface area (Å²) >= 11 is 1.62. The molecule has 26 heavy (non-hydrogen) atoms. The van der Waals surface area contributed by atoms with E-state index in [1.165, 1.54) is 10.6 Å². The highest BCUT2D eigenvalue weighted by Crippen LogP contribution is 2.23. The van der Waals surface area contributed by atoms with Crippen molar-refractivity contribution in [1.29, 1.82) is 0 Å². The largest absolute Gasteiger partial charge is 0.383 e. The van der Waals surface area contributed by atoms with Crippen LogP contribution in [0.15, 0.2) is 29.8 Å². The molecule has 3 aromatic rings. The molecule has 2 N–H and O–H groups in total. The first-order chi connectivity index (χ1) is 12.6. The summed E-state index contributed by atoms with van der Waals surface area (Å²) in [5, 5.41) is 6.91. The van der Waals surface area contributed by atoms with E-state index in [1.807, 2.05) is 30.6 Å². The predicted molar refractivity (Wildman–Crippen MR) is 106 cm³/mol. The molecule has 0 aliphatic heterocycles. The molecule has 3 rings (SSSR count). The molecular weight excluding hydrogens is 348 g/mol. The van der Waals surface area contributed by atoms with Crippen molar-refractivity contribution in [2.24, 2.45) is 0 Å². The number of benzene rings is 1. The van der Waals surface area contributed by atoms with Gasteiger partial charge in [0.25, 0.3) is 0 Å². The summed E-state index contributed by atoms with van der Waals surface area (Å²) in [6.45, 7) is 6.14. The summed E-state index contributed by atoms with van der Waals surface area (Å²) in [7, 11) is 1.71. The highest BCUT2D eigenvalue weighted by molar-refractivity contribution is 7.09. The van der Waals surface area contributed by atoms with Gasteiger partial charge >= 0.3 is 6.03 Å². The third-order valence-corrected chi connectivity index (χ3v) is 5.36. The van der Waals surface area contributed by atoms with Crippen LogP contribution >= 0.6 is 11.3 Å². The zero-order valence-electron chi connectivity index (χ0n) is 15.3. The Balaban J connectivity index is 1.59. The lowest BCUT2D eigenvalue weighted by molar-refractivity contribution is 0.188. The lowest BCUT2D eigenvalue weighted by atomic mass is 10.2. The van der Waals surface area contributed by atoms with Crippen molar-refractivity contribution in [3.8, 4) is 0 Å². The van der Waals surface area contributed by atoms with Gasteiger partial charge in [0.05, 0.1) is 17.8 Å². The van der Waals surface area contributed by atoms with Gasteiger partial charge in [0.2, 0.25) is 0 Å². The third kappa shape index (κ3) is 4.23. The molecule has 0 aliphatic rings. The van der Waals surface area contributed by atoms with Crippen molar-refractivity contribution in [1.82, 2.24) is 14.9 Å². The number of methoxy groups -OCH3 is 1. The van der Waals surface area contributed by atoms with E-state index >= 15 is 0 Å². The van der Waals surface area contributed by atoms with Crippen molar-refractivity contribution in [2.45, 2.75) is 26.8 Å². The summed E-state index contributed by atoms with van der Waals surface area (Å²) in [5.74, 6) is 0. The van der Waals surface area contributed by atoms with E-state index in [-0.39, 0.29) is 6.03 Å². The van der Waals surface area contributed by atoms with Crippen LogP contribution in [0.5, 0.6) is 0 Å². The van der Waals surface area contributed by atoms with Crippen molar-refractivity contribution >= 4 is 34.0 Å². The lowest BCUT2D eigenvalue weighted by Crippen LogP contribution is -2.30. The van der Waals surface area contributed by atoms with Crippen LogP contribution in [0.25, 0.3) is 10.9 Å². The third-order valence-electron chi connectivity index (χ3n) is 4.37. The zero-order chi connectivity index (χ0) is 18.5. The van der Waals surface area contributed by atoms with Crippen LogP contribution in [0.4, 0.5) is 10.5 Å². The number of rotatable bonds is 7. The number of amides is 2. The Labute approximate surface area is 157 Å². The maximum Gasteiger partial charge on any atom is 0.319 e. The fourth-order valence-electron chi connectivity index (χ4n) is 3.00. The molecule has 0 spiro atoms. The molecule has 0 aliphatic carbocycles. The van der Waals surface area contributed by atoms with Crippen LogP contribution in [-0.2, 0) is 17.7 Å². The number of anilines is 1. The molecule has 7 heteroatoms. The van der Waals surface area contributed by atoms with Gasteiger partial charge in [-0.3, -0.25) is 0 Å². The smallest absolute Gasteiger partial charge is 0.319 e. The molecule has 0 radical (unpaired) electrons. The number of aromatic nitrogens is 2. The van der Waals surface area contributed by atoms with Gasteiger partial charge in [0.15, 0.2) is 0 Å². The predicted octanol–water partition coefficient (Wildman–Crippen LogP) is 3.73. The van der Waals surface area contributed by atoms with Gasteiger partial charge in [0.1, 0.15) is 0 Å². The maximum atomic E-state index is 12.1. The van der Waals surface area contributed by atoms with Crippen LogP contribution in [0.2, 0.25) is 0 Å². The molecular formula is C19H24N4O2S. The Morgan fingerprint density at radius 3 is 2.88 bits per heavy atom. The first-order valence-electron chi connectivity index (χ1n) is 8.61. The Morgan fingerprint density at radius 1 is 1.31 bits per heavy atom. The van der Waals surface area contributed by atoms with Crippen molar-refractivity contribution < 1.29 is 9.53 Å². The molecule has 6 nitrogen and oxygen atoms in total. The van der Waals surface area contributed by atoms with E-state index < -0.39 is 0 Å². The van der Waals surface area contributed by atoms with Gasteiger partial charge in [-0.2, -0.15) is 0 Å². The van der Waals surface area contributed by atoms with Crippen LogP contribution in [0.3, 0.4) is 0 Å². The van der Waals surface area contributed by atoms with Crippen LogP contribution in [0, 0.1) is 13.8 Å². The minimum absolute atomic E-state index is 0.193. The summed E-state index contributed by atoms with van der Waals surface area (Å²) in [5.41, 5.74) is 5.98. The van der Waals surface area contributed by atoms with Gasteiger partial charge < -0.3 is 19.9 Å². The zero-order valence-corrected chi connectivity index (χ0v) is 16.2. The van der Waals surface area contributed by atoms with E-state index in [9.17, 15) is 4.79 Å². The van der Waals surface area contributed by atoms with Gasteiger partial charge in [-0.25, -0.2) is 9.78 Å². The van der Waals surface area contributed by atoms with E-state index in [0.29, 0.717) is 13.2 Å². The minimum Gasteiger partial charge on any atom is -0.383 e. The lowest BCUT2D eigenvalue weighted by Gasteiger charge is -2.09. The first kappa shape index (κ1) is 18.4. The number of carbonyl (C=O) groups is 1. The second-order valence-electron chi connectivity index (χ2n) is 6.20. The standard InChI is InChI=1S/C19H24N4O2S/c1-13-10-15-11-16(4-5-17(15)23(13)8-9-25-3)22-19(24)20-7-6-18-14(2)21-12-26-18/h4-5,10-12H,6-9H2,1-3H3,(H2,20,22,24). The van der Waals surface area contributed by atoms with Gasteiger partial charge in [-0.15, -0.1) is 11.3 Å². The van der Waals surface area contributed by atoms with Crippen LogP contribution in [0.1, 0.15) is 16.3 Å². The topological polar surface area (TPSA) is 68.2 Å². The monoisotopic (exact) mass is 372 g/mol. The van der Waals surface area contributed by atoms with E-state index in [1.54, 1.807) is 18.4 Å². The summed E-state index contributed by atoms with van der Waals surface area (Å²) in [6, 6.07) is 7.90. The molecule has 0 fully saturated rings.